The Labute approximate surface area is 218 Å². The van der Waals surface area contributed by atoms with E-state index in [9.17, 15) is 14.7 Å². The fraction of sp³-hybridized carbons (Fsp3) is 0.643. The molecule has 6 atom stereocenters. The second-order valence-corrected chi connectivity index (χ2v) is 11.7. The first-order chi connectivity index (χ1) is 17.8. The molecule has 9 nitrogen and oxygen atoms in total. The van der Waals surface area contributed by atoms with Crippen LogP contribution in [0.2, 0.25) is 0 Å². The summed E-state index contributed by atoms with van der Waals surface area (Å²) in [5.41, 5.74) is 4.92. The molecule has 3 heterocycles. The number of rotatable bonds is 5. The molecule has 2 fully saturated rings. The zero-order chi connectivity index (χ0) is 25.9. The predicted molar refractivity (Wildman–Crippen MR) is 137 cm³/mol. The first-order valence-corrected chi connectivity index (χ1v) is 13.7. The lowest BCUT2D eigenvalue weighted by Gasteiger charge is -2.56. The number of aliphatic hydroxyl groups is 1. The molecule has 2 amide bonds. The number of nitrogens with one attached hydrogen (secondary N) is 2. The molecule has 3 aliphatic heterocycles. The van der Waals surface area contributed by atoms with Gasteiger partial charge in [-0.15, -0.1) is 0 Å². The summed E-state index contributed by atoms with van der Waals surface area (Å²) in [5.74, 6) is 0.780. The van der Waals surface area contributed by atoms with Crippen molar-refractivity contribution in [2.75, 3.05) is 26.7 Å². The summed E-state index contributed by atoms with van der Waals surface area (Å²) in [6.07, 6.45) is 7.24. The van der Waals surface area contributed by atoms with E-state index in [2.05, 4.69) is 28.8 Å². The van der Waals surface area contributed by atoms with Gasteiger partial charge in [-0.2, -0.15) is 0 Å². The van der Waals surface area contributed by atoms with Gasteiger partial charge in [0.05, 0.1) is 0 Å². The Morgan fingerprint density at radius 1 is 1.16 bits per heavy atom. The van der Waals surface area contributed by atoms with Crippen molar-refractivity contribution < 1.29 is 24.2 Å². The molecule has 2 aliphatic carbocycles. The highest BCUT2D eigenvalue weighted by Crippen LogP contribution is 2.62. The normalized spacial score (nSPS) is 32.9. The maximum absolute atomic E-state index is 13.1. The topological polar surface area (TPSA) is 103 Å². The van der Waals surface area contributed by atoms with Crippen LogP contribution in [0.3, 0.4) is 0 Å². The summed E-state index contributed by atoms with van der Waals surface area (Å²) in [7, 11) is 2.17. The van der Waals surface area contributed by atoms with Gasteiger partial charge < -0.3 is 24.8 Å². The third-order valence-corrected chi connectivity index (χ3v) is 9.18. The number of likely N-dealkylation sites (tertiary alicyclic amines) is 1. The van der Waals surface area contributed by atoms with Crippen LogP contribution in [0.4, 0.5) is 4.79 Å². The van der Waals surface area contributed by atoms with Crippen molar-refractivity contribution in [3.63, 3.8) is 0 Å². The zero-order valence-electron chi connectivity index (χ0n) is 21.9. The fourth-order valence-corrected chi connectivity index (χ4v) is 7.33. The van der Waals surface area contributed by atoms with Gasteiger partial charge in [0.2, 0.25) is 0 Å². The molecular formula is C28H38N4O5. The maximum atomic E-state index is 13.1. The first-order valence-electron chi connectivity index (χ1n) is 13.7. The summed E-state index contributed by atoms with van der Waals surface area (Å²) in [5, 5.41) is 15.6. The molecule has 2 saturated heterocycles. The van der Waals surface area contributed by atoms with E-state index in [1.165, 1.54) is 12.0 Å². The van der Waals surface area contributed by atoms with E-state index >= 15 is 0 Å². The van der Waals surface area contributed by atoms with E-state index in [-0.39, 0.29) is 23.2 Å². The van der Waals surface area contributed by atoms with E-state index < -0.39 is 24.3 Å². The molecule has 1 spiro atoms. The molecule has 37 heavy (non-hydrogen) atoms. The van der Waals surface area contributed by atoms with E-state index in [1.807, 2.05) is 31.0 Å². The van der Waals surface area contributed by atoms with Crippen LogP contribution in [0.15, 0.2) is 24.3 Å². The lowest BCUT2D eigenvalue weighted by atomic mass is 9.53. The van der Waals surface area contributed by atoms with Crippen LogP contribution in [-0.2, 0) is 16.6 Å². The number of carbonyl (C=O) groups excluding carboxylic acids is 2. The molecule has 0 aromatic heterocycles. The van der Waals surface area contributed by atoms with Crippen molar-refractivity contribution in [1.82, 2.24) is 20.7 Å². The lowest BCUT2D eigenvalue weighted by molar-refractivity contribution is -0.129. The Hall–Kier alpha value is -2.62. The van der Waals surface area contributed by atoms with Crippen molar-refractivity contribution in [3.05, 3.63) is 35.4 Å². The van der Waals surface area contributed by atoms with Gasteiger partial charge in [-0.1, -0.05) is 38.5 Å². The smallest absolute Gasteiger partial charge is 0.413 e. The molecule has 0 saturated carbocycles. The molecule has 9 heteroatoms. The van der Waals surface area contributed by atoms with Crippen LogP contribution < -0.4 is 20.2 Å². The van der Waals surface area contributed by atoms with Gasteiger partial charge in [0.1, 0.15) is 18.2 Å². The Kier molecular flexibility index (Phi) is 6.20. The highest BCUT2D eigenvalue weighted by molar-refractivity contribution is 5.86. The fourth-order valence-electron chi connectivity index (χ4n) is 7.33. The van der Waals surface area contributed by atoms with Crippen molar-refractivity contribution in [1.29, 1.82) is 0 Å². The van der Waals surface area contributed by atoms with Gasteiger partial charge in [-0.3, -0.25) is 10.2 Å². The van der Waals surface area contributed by atoms with Crippen LogP contribution in [-0.4, -0.2) is 78.0 Å². The number of ether oxygens (including phenoxy) is 2. The van der Waals surface area contributed by atoms with E-state index in [4.69, 9.17) is 9.47 Å². The van der Waals surface area contributed by atoms with Gasteiger partial charge in [0.25, 0.3) is 5.91 Å². The minimum atomic E-state index is -0.729. The zero-order valence-corrected chi connectivity index (χ0v) is 21.9. The van der Waals surface area contributed by atoms with E-state index in [1.54, 1.807) is 6.07 Å². The average molecular weight is 511 g/mol. The predicted octanol–water partition coefficient (Wildman–Crippen LogP) is 2.12. The SMILES string of the molecule is CC(C)[C@H](NC(=O)Oc1ccc2c3c1O[C@H]1[C@@H](O)C=CC4C(C2)N(C)CC[C@@]341)C(=O)NN1CCCCC1. The maximum Gasteiger partial charge on any atom is 0.413 e. The molecule has 5 aliphatic rings. The molecule has 1 aromatic rings. The Balaban J connectivity index is 1.24. The summed E-state index contributed by atoms with van der Waals surface area (Å²) in [6, 6.07) is 3.44. The first kappa shape index (κ1) is 24.7. The molecule has 0 radical (unpaired) electrons. The van der Waals surface area contributed by atoms with Gasteiger partial charge >= 0.3 is 6.09 Å². The van der Waals surface area contributed by atoms with Crippen LogP contribution in [0.25, 0.3) is 0 Å². The molecule has 3 N–H and O–H groups in total. The van der Waals surface area contributed by atoms with Crippen molar-refractivity contribution in [3.8, 4) is 11.5 Å². The summed E-state index contributed by atoms with van der Waals surface area (Å²) < 4.78 is 12.3. The van der Waals surface area contributed by atoms with Crippen molar-refractivity contribution in [2.45, 2.75) is 75.7 Å². The number of likely N-dealkylation sites (N-methyl/N-ethyl adjacent to an activating group) is 1. The van der Waals surface area contributed by atoms with Crippen LogP contribution in [0, 0.1) is 11.8 Å². The molecule has 6 rings (SSSR count). The van der Waals surface area contributed by atoms with E-state index in [0.29, 0.717) is 17.5 Å². The number of hydrazine groups is 1. The molecule has 1 aromatic carbocycles. The van der Waals surface area contributed by atoms with Gasteiger partial charge in [-0.05, 0) is 56.8 Å². The Bertz CT molecular complexity index is 1120. The number of hydrogen-bond donors (Lipinski definition) is 3. The van der Waals surface area contributed by atoms with Crippen LogP contribution >= 0.6 is 0 Å². The summed E-state index contributed by atoms with van der Waals surface area (Å²) >= 11 is 0. The third kappa shape index (κ3) is 3.94. The average Bonchev–Trinajstić information content (AvgIpc) is 3.23. The van der Waals surface area contributed by atoms with Crippen molar-refractivity contribution >= 4 is 12.0 Å². The number of hydrogen-bond acceptors (Lipinski definition) is 7. The minimum absolute atomic E-state index is 0.118. The number of carbonyl (C=O) groups is 2. The number of piperidine rings is 2. The summed E-state index contributed by atoms with van der Waals surface area (Å²) in [4.78, 5) is 28.5. The van der Waals surface area contributed by atoms with Crippen LogP contribution in [0.1, 0.15) is 50.7 Å². The second-order valence-electron chi connectivity index (χ2n) is 11.7. The third-order valence-electron chi connectivity index (χ3n) is 9.18. The second kappa shape index (κ2) is 9.29. The molecule has 2 unspecified atom stereocenters. The number of benzene rings is 1. The van der Waals surface area contributed by atoms with Crippen LogP contribution in [0.5, 0.6) is 11.5 Å². The van der Waals surface area contributed by atoms with Gasteiger partial charge in [0, 0.05) is 36.0 Å². The molecule has 2 bridgehead atoms. The minimum Gasteiger partial charge on any atom is -0.482 e. The number of aliphatic hydroxyl groups excluding tert-OH is 1. The van der Waals surface area contributed by atoms with E-state index in [0.717, 1.165) is 50.9 Å². The molecule has 200 valence electrons. The van der Waals surface area contributed by atoms with Gasteiger partial charge in [-0.25, -0.2) is 9.80 Å². The standard InChI is InChI=1S/C28H38N4O5/c1-16(2)23(26(34)30-32-12-5-4-6-13-32)29-27(35)36-21-10-7-17-15-19-18-8-9-20(33)25-28(18,11-14-31(19)3)22(17)24(21)37-25/h7-10,16,18-20,23,25,33H,4-6,11-15H2,1-3H3,(H,29,35)(H,30,34)/t18?,19?,20-,23-,25-,28-/m0/s1. The van der Waals surface area contributed by atoms with Gasteiger partial charge in [0.15, 0.2) is 11.5 Å². The highest BCUT2D eigenvalue weighted by atomic mass is 16.6. The Morgan fingerprint density at radius 2 is 1.95 bits per heavy atom. The largest absolute Gasteiger partial charge is 0.482 e. The Morgan fingerprint density at radius 3 is 2.70 bits per heavy atom. The number of nitrogens with zero attached hydrogens (tertiary/aromatic N) is 2. The molecular weight excluding hydrogens is 472 g/mol. The van der Waals surface area contributed by atoms with Crippen molar-refractivity contribution in [2.24, 2.45) is 11.8 Å². The highest BCUT2D eigenvalue weighted by Gasteiger charge is 2.64. The summed E-state index contributed by atoms with van der Waals surface area (Å²) in [6.45, 7) is 6.36. The quantitative estimate of drug-likeness (QED) is 0.522. The lowest BCUT2D eigenvalue weighted by Crippen LogP contribution is -2.64. The monoisotopic (exact) mass is 510 g/mol. The number of amides is 2.